The van der Waals surface area contributed by atoms with E-state index in [0.717, 1.165) is 48.8 Å². The van der Waals surface area contributed by atoms with Gasteiger partial charge in [0, 0.05) is 13.6 Å². The van der Waals surface area contributed by atoms with Crippen molar-refractivity contribution < 1.29 is 4.74 Å². The van der Waals surface area contributed by atoms with Crippen LogP contribution in [0.4, 0.5) is 11.5 Å². The number of aryl methyl sites for hydroxylation is 2. The number of nitrogens with zero attached hydrogens (tertiary/aromatic N) is 2. The van der Waals surface area contributed by atoms with Crippen LogP contribution in [0.1, 0.15) is 25.5 Å². The molecule has 0 bridgehead atoms. The summed E-state index contributed by atoms with van der Waals surface area (Å²) >= 11 is 0. The van der Waals surface area contributed by atoms with Crippen LogP contribution >= 0.6 is 0 Å². The Hall–Kier alpha value is -2.17. The molecule has 0 aliphatic rings. The van der Waals surface area contributed by atoms with Gasteiger partial charge in [0.2, 0.25) is 0 Å². The lowest BCUT2D eigenvalue weighted by molar-refractivity contribution is 0.315. The van der Waals surface area contributed by atoms with Gasteiger partial charge >= 0.3 is 0 Å². The Morgan fingerprint density at radius 1 is 1.29 bits per heavy atom. The van der Waals surface area contributed by atoms with Crippen LogP contribution in [0.5, 0.6) is 5.75 Å². The molecule has 2 aromatic rings. The number of hydrogen-bond donors (Lipinski definition) is 2. The van der Waals surface area contributed by atoms with Gasteiger partial charge in [0.25, 0.3) is 0 Å². The molecule has 0 aliphatic heterocycles. The Morgan fingerprint density at radius 2 is 2.05 bits per heavy atom. The Bertz CT molecular complexity index is 551. The first-order chi connectivity index (χ1) is 10.2. The molecule has 1 heterocycles. The summed E-state index contributed by atoms with van der Waals surface area (Å²) in [6.45, 7) is 3.61. The zero-order chi connectivity index (χ0) is 15.1. The van der Waals surface area contributed by atoms with Crippen LogP contribution in [-0.2, 0) is 13.5 Å². The number of benzene rings is 1. The van der Waals surface area contributed by atoms with Crippen LogP contribution in [0.25, 0.3) is 0 Å². The second kappa shape index (κ2) is 7.57. The number of nitrogens with one attached hydrogen (secondary N) is 1. The van der Waals surface area contributed by atoms with E-state index in [-0.39, 0.29) is 0 Å². The molecule has 0 saturated carbocycles. The van der Waals surface area contributed by atoms with Crippen LogP contribution in [0.15, 0.2) is 30.3 Å². The van der Waals surface area contributed by atoms with Crippen LogP contribution in [0.3, 0.4) is 0 Å². The lowest BCUT2D eigenvalue weighted by Gasteiger charge is -2.09. The maximum atomic E-state index is 6.12. The molecule has 0 fully saturated rings. The zero-order valence-corrected chi connectivity index (χ0v) is 12.8. The Balaban J connectivity index is 1.76. The summed E-state index contributed by atoms with van der Waals surface area (Å²) in [6, 6.07) is 9.85. The van der Waals surface area contributed by atoms with Crippen molar-refractivity contribution in [1.82, 2.24) is 9.78 Å². The van der Waals surface area contributed by atoms with Gasteiger partial charge in [0.05, 0.1) is 18.0 Å². The summed E-state index contributed by atoms with van der Waals surface area (Å²) in [5, 5.41) is 7.79. The van der Waals surface area contributed by atoms with Crippen molar-refractivity contribution in [2.24, 2.45) is 7.05 Å². The fourth-order valence-corrected chi connectivity index (χ4v) is 2.21. The summed E-state index contributed by atoms with van der Waals surface area (Å²) < 4.78 is 7.47. The highest BCUT2D eigenvalue weighted by Gasteiger charge is 2.11. The lowest BCUT2D eigenvalue weighted by Crippen LogP contribution is -2.11. The standard InChI is InChI=1S/C16H24N4O/c1-3-8-14-15(17)16(20(2)19-14)18-11-7-12-21-13-9-5-4-6-10-13/h4-6,9-10,18H,3,7-8,11-12,17H2,1-2H3. The summed E-state index contributed by atoms with van der Waals surface area (Å²) in [7, 11) is 1.92. The van der Waals surface area contributed by atoms with Crippen molar-refractivity contribution in [3.8, 4) is 5.75 Å². The van der Waals surface area contributed by atoms with Crippen LogP contribution < -0.4 is 15.8 Å². The van der Waals surface area contributed by atoms with Gasteiger partial charge in [-0.1, -0.05) is 31.5 Å². The summed E-state index contributed by atoms with van der Waals surface area (Å²) in [5.74, 6) is 1.81. The molecule has 0 aliphatic carbocycles. The highest BCUT2D eigenvalue weighted by molar-refractivity contribution is 5.64. The third kappa shape index (κ3) is 4.15. The Kier molecular flexibility index (Phi) is 5.49. The third-order valence-electron chi connectivity index (χ3n) is 3.27. The topological polar surface area (TPSA) is 65.1 Å². The minimum Gasteiger partial charge on any atom is -0.494 e. The molecule has 3 N–H and O–H groups in total. The normalized spacial score (nSPS) is 10.6. The largest absolute Gasteiger partial charge is 0.494 e. The van der Waals surface area contributed by atoms with Crippen molar-refractivity contribution in [1.29, 1.82) is 0 Å². The molecule has 0 radical (unpaired) electrons. The van der Waals surface area contributed by atoms with Gasteiger partial charge in [0.15, 0.2) is 0 Å². The molecule has 0 amide bonds. The molecule has 5 heteroatoms. The van der Waals surface area contributed by atoms with Gasteiger partial charge in [-0.2, -0.15) is 5.10 Å². The first-order valence-electron chi connectivity index (χ1n) is 7.45. The van der Waals surface area contributed by atoms with Crippen LogP contribution in [-0.4, -0.2) is 22.9 Å². The maximum Gasteiger partial charge on any atom is 0.147 e. The monoisotopic (exact) mass is 288 g/mol. The molecule has 0 unspecified atom stereocenters. The highest BCUT2D eigenvalue weighted by Crippen LogP contribution is 2.22. The smallest absolute Gasteiger partial charge is 0.147 e. The van der Waals surface area contributed by atoms with E-state index in [0.29, 0.717) is 6.61 Å². The highest BCUT2D eigenvalue weighted by atomic mass is 16.5. The molecule has 0 atom stereocenters. The van der Waals surface area contributed by atoms with Crippen molar-refractivity contribution in [2.75, 3.05) is 24.2 Å². The van der Waals surface area contributed by atoms with Gasteiger partial charge in [-0.05, 0) is 25.0 Å². The number of hydrogen-bond acceptors (Lipinski definition) is 4. The number of ether oxygens (including phenoxy) is 1. The fourth-order valence-electron chi connectivity index (χ4n) is 2.21. The Morgan fingerprint density at radius 3 is 2.76 bits per heavy atom. The van der Waals surface area contributed by atoms with Crippen molar-refractivity contribution >= 4 is 11.5 Å². The van der Waals surface area contributed by atoms with E-state index in [9.17, 15) is 0 Å². The van der Waals surface area contributed by atoms with Gasteiger partial charge in [-0.3, -0.25) is 4.68 Å². The molecule has 5 nitrogen and oxygen atoms in total. The van der Waals surface area contributed by atoms with Gasteiger partial charge < -0.3 is 15.8 Å². The number of nitrogen functional groups attached to an aromatic ring is 1. The van der Waals surface area contributed by atoms with E-state index >= 15 is 0 Å². The number of para-hydroxylation sites is 1. The number of rotatable bonds is 8. The summed E-state index contributed by atoms with van der Waals surface area (Å²) in [4.78, 5) is 0. The molecular weight excluding hydrogens is 264 g/mol. The predicted octanol–water partition coefficient (Wildman–Crippen LogP) is 2.84. The lowest BCUT2D eigenvalue weighted by atomic mass is 10.2. The summed E-state index contributed by atoms with van der Waals surface area (Å²) in [6.07, 6.45) is 2.87. The fraction of sp³-hybridized carbons (Fsp3) is 0.438. The predicted molar refractivity (Wildman–Crippen MR) is 86.7 cm³/mol. The molecule has 0 spiro atoms. The molecule has 0 saturated heterocycles. The van der Waals surface area contributed by atoms with Crippen molar-refractivity contribution in [3.63, 3.8) is 0 Å². The first kappa shape index (κ1) is 15.2. The van der Waals surface area contributed by atoms with Crippen molar-refractivity contribution in [3.05, 3.63) is 36.0 Å². The van der Waals surface area contributed by atoms with E-state index in [1.54, 1.807) is 0 Å². The molecule has 114 valence electrons. The molecule has 1 aromatic carbocycles. The van der Waals surface area contributed by atoms with Gasteiger partial charge in [-0.15, -0.1) is 0 Å². The Labute approximate surface area is 126 Å². The number of anilines is 2. The SMILES string of the molecule is CCCc1nn(C)c(NCCCOc2ccccc2)c1N. The van der Waals surface area contributed by atoms with E-state index in [2.05, 4.69) is 17.3 Å². The molecular formula is C16H24N4O. The second-order valence-electron chi connectivity index (χ2n) is 5.02. The van der Waals surface area contributed by atoms with E-state index in [4.69, 9.17) is 10.5 Å². The van der Waals surface area contributed by atoms with E-state index in [1.165, 1.54) is 0 Å². The minimum absolute atomic E-state index is 0.677. The van der Waals surface area contributed by atoms with Gasteiger partial charge in [-0.25, -0.2) is 0 Å². The second-order valence-corrected chi connectivity index (χ2v) is 5.02. The average molecular weight is 288 g/mol. The first-order valence-corrected chi connectivity index (χ1v) is 7.45. The van der Waals surface area contributed by atoms with Gasteiger partial charge in [0.1, 0.15) is 11.6 Å². The number of nitrogens with two attached hydrogens (primary N) is 1. The third-order valence-corrected chi connectivity index (χ3v) is 3.27. The average Bonchev–Trinajstić information content (AvgIpc) is 2.76. The zero-order valence-electron chi connectivity index (χ0n) is 12.8. The van der Waals surface area contributed by atoms with Crippen molar-refractivity contribution in [2.45, 2.75) is 26.2 Å². The molecule has 2 rings (SSSR count). The quantitative estimate of drug-likeness (QED) is 0.733. The minimum atomic E-state index is 0.677. The summed E-state index contributed by atoms with van der Waals surface area (Å²) in [5.41, 5.74) is 7.86. The van der Waals surface area contributed by atoms with Crippen LogP contribution in [0.2, 0.25) is 0 Å². The van der Waals surface area contributed by atoms with E-state index in [1.807, 2.05) is 42.1 Å². The molecule has 1 aromatic heterocycles. The molecule has 21 heavy (non-hydrogen) atoms. The van der Waals surface area contributed by atoms with Crippen LogP contribution in [0, 0.1) is 0 Å². The van der Waals surface area contributed by atoms with E-state index < -0.39 is 0 Å². The maximum absolute atomic E-state index is 6.12. The number of aromatic nitrogens is 2.